The van der Waals surface area contributed by atoms with Gasteiger partial charge in [0.05, 0.1) is 0 Å². The molecular weight excluding hydrogens is 254 g/mol. The zero-order chi connectivity index (χ0) is 13.9. The fourth-order valence-corrected chi connectivity index (χ4v) is 3.30. The maximum absolute atomic E-state index is 11.1. The van der Waals surface area contributed by atoms with E-state index in [9.17, 15) is 5.11 Å². The largest absolute Gasteiger partial charge is 0.384 e. The van der Waals surface area contributed by atoms with Gasteiger partial charge in [0.1, 0.15) is 5.60 Å². The molecule has 1 aromatic heterocycles. The fourth-order valence-electron chi connectivity index (χ4n) is 2.53. The second-order valence-electron chi connectivity index (χ2n) is 5.21. The lowest BCUT2D eigenvalue weighted by atomic mass is 9.82. The molecule has 0 radical (unpaired) electrons. The molecule has 1 heterocycles. The first-order chi connectivity index (χ1) is 9.11. The third kappa shape index (κ3) is 2.83. The SMILES string of the molecule is CCCCC(O)(c1ccc2sccc2c1)C(C)NC. The number of fused-ring (bicyclic) bond motifs is 1. The lowest BCUT2D eigenvalue weighted by molar-refractivity contribution is -0.00533. The summed E-state index contributed by atoms with van der Waals surface area (Å²) in [4.78, 5) is 0. The van der Waals surface area contributed by atoms with Gasteiger partial charge in [-0.15, -0.1) is 11.3 Å². The Kier molecular flexibility index (Phi) is 4.61. The van der Waals surface area contributed by atoms with Crippen LogP contribution in [-0.4, -0.2) is 18.2 Å². The number of hydrogen-bond donors (Lipinski definition) is 2. The fraction of sp³-hybridized carbons (Fsp3) is 0.500. The van der Waals surface area contributed by atoms with Crippen LogP contribution in [0.3, 0.4) is 0 Å². The molecule has 0 bridgehead atoms. The average molecular weight is 277 g/mol. The van der Waals surface area contributed by atoms with E-state index in [1.165, 1.54) is 10.1 Å². The average Bonchev–Trinajstić information content (AvgIpc) is 2.91. The minimum atomic E-state index is -0.791. The lowest BCUT2D eigenvalue weighted by Crippen LogP contribution is -2.45. The first-order valence-electron chi connectivity index (χ1n) is 6.99. The highest BCUT2D eigenvalue weighted by molar-refractivity contribution is 7.17. The van der Waals surface area contributed by atoms with Gasteiger partial charge >= 0.3 is 0 Å². The normalized spacial score (nSPS) is 16.4. The Labute approximate surface area is 119 Å². The van der Waals surface area contributed by atoms with E-state index in [0.29, 0.717) is 0 Å². The van der Waals surface area contributed by atoms with Crippen LogP contribution in [0.2, 0.25) is 0 Å². The molecule has 0 amide bonds. The lowest BCUT2D eigenvalue weighted by Gasteiger charge is -2.35. The maximum Gasteiger partial charge on any atom is 0.105 e. The van der Waals surface area contributed by atoms with Crippen LogP contribution in [-0.2, 0) is 5.60 Å². The summed E-state index contributed by atoms with van der Waals surface area (Å²) in [6.07, 6.45) is 2.92. The van der Waals surface area contributed by atoms with Gasteiger partial charge in [-0.1, -0.05) is 25.8 Å². The molecule has 0 aliphatic rings. The summed E-state index contributed by atoms with van der Waals surface area (Å²) in [5, 5.41) is 17.6. The Morgan fingerprint density at radius 2 is 2.16 bits per heavy atom. The molecule has 0 aliphatic carbocycles. The third-order valence-electron chi connectivity index (χ3n) is 4.01. The second kappa shape index (κ2) is 6.04. The second-order valence-corrected chi connectivity index (χ2v) is 6.16. The van der Waals surface area contributed by atoms with Gasteiger partial charge in [0.15, 0.2) is 0 Å². The Hall–Kier alpha value is -0.900. The van der Waals surface area contributed by atoms with Crippen LogP contribution in [0.4, 0.5) is 0 Å². The van der Waals surface area contributed by atoms with E-state index in [2.05, 4.69) is 41.9 Å². The summed E-state index contributed by atoms with van der Waals surface area (Å²) in [5.41, 5.74) is 0.231. The van der Waals surface area contributed by atoms with Crippen LogP contribution in [0, 0.1) is 0 Å². The number of aliphatic hydroxyl groups is 1. The van der Waals surface area contributed by atoms with Gasteiger partial charge in [-0.05, 0) is 54.9 Å². The molecule has 0 spiro atoms. The molecule has 1 aromatic carbocycles. The monoisotopic (exact) mass is 277 g/mol. The molecular formula is C16H23NOS. The Morgan fingerprint density at radius 3 is 2.84 bits per heavy atom. The molecule has 0 fully saturated rings. The molecule has 2 rings (SSSR count). The zero-order valence-electron chi connectivity index (χ0n) is 11.9. The van der Waals surface area contributed by atoms with Crippen LogP contribution in [0.25, 0.3) is 10.1 Å². The van der Waals surface area contributed by atoms with E-state index in [4.69, 9.17) is 0 Å². The zero-order valence-corrected chi connectivity index (χ0v) is 12.8. The summed E-state index contributed by atoms with van der Waals surface area (Å²) < 4.78 is 1.28. The highest BCUT2D eigenvalue weighted by atomic mass is 32.1. The third-order valence-corrected chi connectivity index (χ3v) is 4.91. The van der Waals surface area contributed by atoms with Gasteiger partial charge in [-0.3, -0.25) is 0 Å². The van der Waals surface area contributed by atoms with E-state index in [0.717, 1.165) is 24.8 Å². The maximum atomic E-state index is 11.1. The number of likely N-dealkylation sites (N-methyl/N-ethyl adjacent to an activating group) is 1. The number of benzene rings is 1. The molecule has 19 heavy (non-hydrogen) atoms. The number of nitrogens with one attached hydrogen (secondary N) is 1. The van der Waals surface area contributed by atoms with Crippen molar-refractivity contribution in [1.82, 2.24) is 5.32 Å². The Morgan fingerprint density at radius 1 is 1.37 bits per heavy atom. The summed E-state index contributed by atoms with van der Waals surface area (Å²) in [6, 6.07) is 8.48. The van der Waals surface area contributed by atoms with Crippen molar-refractivity contribution in [2.24, 2.45) is 0 Å². The van der Waals surface area contributed by atoms with Crippen LogP contribution >= 0.6 is 11.3 Å². The predicted molar refractivity (Wildman–Crippen MR) is 83.8 cm³/mol. The van der Waals surface area contributed by atoms with Crippen LogP contribution < -0.4 is 5.32 Å². The van der Waals surface area contributed by atoms with Crippen LogP contribution in [0.1, 0.15) is 38.7 Å². The molecule has 0 saturated heterocycles. The molecule has 2 aromatic rings. The van der Waals surface area contributed by atoms with Crippen molar-refractivity contribution in [3.8, 4) is 0 Å². The molecule has 0 saturated carbocycles. The number of rotatable bonds is 6. The Bertz CT molecular complexity index is 536. The van der Waals surface area contributed by atoms with Crippen molar-refractivity contribution < 1.29 is 5.11 Å². The Balaban J connectivity index is 2.40. The summed E-state index contributed by atoms with van der Waals surface area (Å²) in [5.74, 6) is 0. The van der Waals surface area contributed by atoms with Gasteiger partial charge in [-0.25, -0.2) is 0 Å². The van der Waals surface area contributed by atoms with Crippen molar-refractivity contribution in [3.63, 3.8) is 0 Å². The molecule has 2 atom stereocenters. The van der Waals surface area contributed by atoms with E-state index in [1.807, 2.05) is 14.0 Å². The smallest absolute Gasteiger partial charge is 0.105 e. The van der Waals surface area contributed by atoms with Crippen molar-refractivity contribution in [2.75, 3.05) is 7.05 Å². The van der Waals surface area contributed by atoms with E-state index in [1.54, 1.807) is 11.3 Å². The van der Waals surface area contributed by atoms with Crippen molar-refractivity contribution in [3.05, 3.63) is 35.2 Å². The molecule has 104 valence electrons. The highest BCUT2D eigenvalue weighted by Gasteiger charge is 2.34. The minimum Gasteiger partial charge on any atom is -0.384 e. The number of unbranched alkanes of at least 4 members (excludes halogenated alkanes) is 1. The highest BCUT2D eigenvalue weighted by Crippen LogP contribution is 2.33. The van der Waals surface area contributed by atoms with E-state index >= 15 is 0 Å². The molecule has 3 heteroatoms. The number of thiophene rings is 1. The van der Waals surface area contributed by atoms with Crippen molar-refractivity contribution in [1.29, 1.82) is 0 Å². The standard InChI is InChI=1S/C16H23NOS/c1-4-5-9-16(18,12(2)17-3)14-6-7-15-13(11-14)8-10-19-15/h6-8,10-12,17-18H,4-5,9H2,1-3H3. The predicted octanol–water partition coefficient (Wildman–Crippen LogP) is 3.89. The first kappa shape index (κ1) is 14.5. The summed E-state index contributed by atoms with van der Waals surface area (Å²) >= 11 is 1.74. The summed E-state index contributed by atoms with van der Waals surface area (Å²) in [7, 11) is 1.91. The van der Waals surface area contributed by atoms with Gasteiger partial charge in [0, 0.05) is 10.7 Å². The van der Waals surface area contributed by atoms with Crippen molar-refractivity contribution in [2.45, 2.75) is 44.8 Å². The topological polar surface area (TPSA) is 32.3 Å². The molecule has 2 unspecified atom stereocenters. The van der Waals surface area contributed by atoms with E-state index in [-0.39, 0.29) is 6.04 Å². The summed E-state index contributed by atoms with van der Waals surface area (Å²) in [6.45, 7) is 4.21. The van der Waals surface area contributed by atoms with Gasteiger partial charge in [0.2, 0.25) is 0 Å². The molecule has 2 N–H and O–H groups in total. The first-order valence-corrected chi connectivity index (χ1v) is 7.87. The van der Waals surface area contributed by atoms with E-state index < -0.39 is 5.60 Å². The van der Waals surface area contributed by atoms with Gasteiger partial charge in [0.25, 0.3) is 0 Å². The minimum absolute atomic E-state index is 0.0372. The molecule has 2 nitrogen and oxygen atoms in total. The van der Waals surface area contributed by atoms with Crippen LogP contribution in [0.5, 0.6) is 0 Å². The molecule has 0 aliphatic heterocycles. The van der Waals surface area contributed by atoms with Crippen molar-refractivity contribution >= 4 is 21.4 Å². The van der Waals surface area contributed by atoms with Gasteiger partial charge < -0.3 is 10.4 Å². The quantitative estimate of drug-likeness (QED) is 0.839. The number of hydrogen-bond acceptors (Lipinski definition) is 3. The van der Waals surface area contributed by atoms with Gasteiger partial charge in [-0.2, -0.15) is 0 Å². The van der Waals surface area contributed by atoms with Crippen LogP contribution in [0.15, 0.2) is 29.6 Å².